The van der Waals surface area contributed by atoms with Gasteiger partial charge in [-0.3, -0.25) is 10.1 Å². The molecule has 0 aliphatic heterocycles. The summed E-state index contributed by atoms with van der Waals surface area (Å²) < 4.78 is 0. The van der Waals surface area contributed by atoms with Crippen molar-refractivity contribution in [3.8, 4) is 6.07 Å². The molecule has 1 rings (SSSR count). The first-order valence-electron chi connectivity index (χ1n) is 6.45. The Bertz CT molecular complexity index is 520. The normalized spacial score (nSPS) is 12.2. The molecule has 0 heterocycles. The maximum Gasteiger partial charge on any atom is 0.287 e. The molecule has 1 unspecified atom stereocenters. The maximum absolute atomic E-state index is 10.8. The van der Waals surface area contributed by atoms with Gasteiger partial charge >= 0.3 is 0 Å². The Hall–Kier alpha value is -2.13. The SMILES string of the molecule is CC(C)C(CN(C)C)Nc1ccc([N+](=O)[O-])c(C#N)c1. The number of benzene rings is 1. The highest BCUT2D eigenvalue weighted by molar-refractivity contribution is 5.59. The van der Waals surface area contributed by atoms with Crippen molar-refractivity contribution in [3.63, 3.8) is 0 Å². The van der Waals surface area contributed by atoms with Gasteiger partial charge in [-0.2, -0.15) is 5.26 Å². The Morgan fingerprint density at radius 2 is 2.10 bits per heavy atom. The molecule has 0 saturated heterocycles. The first-order valence-corrected chi connectivity index (χ1v) is 6.45. The van der Waals surface area contributed by atoms with Gasteiger partial charge in [-0.15, -0.1) is 0 Å². The van der Waals surface area contributed by atoms with E-state index in [2.05, 4.69) is 24.1 Å². The first kappa shape index (κ1) is 15.9. The lowest BCUT2D eigenvalue weighted by molar-refractivity contribution is -0.385. The molecule has 6 nitrogen and oxygen atoms in total. The Kier molecular flexibility index (Phi) is 5.47. The highest BCUT2D eigenvalue weighted by Crippen LogP contribution is 2.23. The van der Waals surface area contributed by atoms with Gasteiger partial charge in [-0.05, 0) is 32.1 Å². The van der Waals surface area contributed by atoms with E-state index < -0.39 is 4.92 Å². The van der Waals surface area contributed by atoms with Gasteiger partial charge in [-0.25, -0.2) is 0 Å². The second-order valence-electron chi connectivity index (χ2n) is 5.36. The summed E-state index contributed by atoms with van der Waals surface area (Å²) >= 11 is 0. The number of rotatable bonds is 6. The monoisotopic (exact) mass is 276 g/mol. The second-order valence-corrected chi connectivity index (χ2v) is 5.36. The number of anilines is 1. The van der Waals surface area contributed by atoms with E-state index in [1.165, 1.54) is 12.1 Å². The highest BCUT2D eigenvalue weighted by Gasteiger charge is 2.17. The largest absolute Gasteiger partial charge is 0.381 e. The zero-order chi connectivity index (χ0) is 15.3. The summed E-state index contributed by atoms with van der Waals surface area (Å²) in [4.78, 5) is 12.3. The van der Waals surface area contributed by atoms with Crippen molar-refractivity contribution in [1.29, 1.82) is 5.26 Å². The van der Waals surface area contributed by atoms with Crippen LogP contribution in [0.3, 0.4) is 0 Å². The standard InChI is InChI=1S/C14H20N4O2/c1-10(2)13(9-17(3)4)16-12-5-6-14(18(19)20)11(7-12)8-15/h5-7,10,13,16H,9H2,1-4H3. The lowest BCUT2D eigenvalue weighted by atomic mass is 10.0. The van der Waals surface area contributed by atoms with E-state index >= 15 is 0 Å². The van der Waals surface area contributed by atoms with E-state index in [1.54, 1.807) is 6.07 Å². The molecular formula is C14H20N4O2. The molecule has 20 heavy (non-hydrogen) atoms. The van der Waals surface area contributed by atoms with Crippen LogP contribution in [0.5, 0.6) is 0 Å². The first-order chi connectivity index (χ1) is 9.35. The minimum absolute atomic E-state index is 0.0763. The molecule has 0 saturated carbocycles. The molecule has 6 heteroatoms. The molecule has 0 aromatic heterocycles. The maximum atomic E-state index is 10.8. The van der Waals surface area contributed by atoms with Gasteiger partial charge in [0.05, 0.1) is 4.92 Å². The van der Waals surface area contributed by atoms with Crippen molar-refractivity contribution in [1.82, 2.24) is 4.90 Å². The minimum atomic E-state index is -0.540. The fraction of sp³-hybridized carbons (Fsp3) is 0.500. The smallest absolute Gasteiger partial charge is 0.287 e. The van der Waals surface area contributed by atoms with Crippen LogP contribution >= 0.6 is 0 Å². The van der Waals surface area contributed by atoms with E-state index in [9.17, 15) is 10.1 Å². The highest BCUT2D eigenvalue weighted by atomic mass is 16.6. The van der Waals surface area contributed by atoms with Crippen molar-refractivity contribution in [2.75, 3.05) is 26.0 Å². The van der Waals surface area contributed by atoms with Crippen LogP contribution in [0.4, 0.5) is 11.4 Å². The summed E-state index contributed by atoms with van der Waals surface area (Å²) in [7, 11) is 3.99. The van der Waals surface area contributed by atoms with Gasteiger partial charge in [0.15, 0.2) is 0 Å². The summed E-state index contributed by atoms with van der Waals surface area (Å²) in [6, 6.07) is 6.62. The van der Waals surface area contributed by atoms with Gasteiger partial charge < -0.3 is 10.2 Å². The van der Waals surface area contributed by atoms with Crippen LogP contribution in [0.25, 0.3) is 0 Å². The predicted octanol–water partition coefficient (Wildman–Crippen LogP) is 2.46. The van der Waals surface area contributed by atoms with Crippen LogP contribution in [0, 0.1) is 27.4 Å². The number of nitrogens with one attached hydrogen (secondary N) is 1. The van der Waals surface area contributed by atoms with Crippen LogP contribution in [0.1, 0.15) is 19.4 Å². The van der Waals surface area contributed by atoms with Crippen LogP contribution in [-0.4, -0.2) is 36.5 Å². The number of nitro groups is 1. The average molecular weight is 276 g/mol. The Balaban J connectivity index is 2.97. The van der Waals surface area contributed by atoms with Crippen LogP contribution in [-0.2, 0) is 0 Å². The average Bonchev–Trinajstić information content (AvgIpc) is 2.36. The van der Waals surface area contributed by atoms with Crippen LogP contribution in [0.2, 0.25) is 0 Å². The lowest BCUT2D eigenvalue weighted by Crippen LogP contribution is -2.36. The molecule has 1 N–H and O–H groups in total. The van der Waals surface area contributed by atoms with E-state index in [0.29, 0.717) is 5.92 Å². The number of hydrogen-bond acceptors (Lipinski definition) is 5. The van der Waals surface area contributed by atoms with Crippen LogP contribution < -0.4 is 5.32 Å². The number of likely N-dealkylation sites (N-methyl/N-ethyl adjacent to an activating group) is 1. The molecule has 0 aliphatic rings. The van der Waals surface area contributed by atoms with Crippen molar-refractivity contribution in [2.45, 2.75) is 19.9 Å². The quantitative estimate of drug-likeness (QED) is 0.637. The van der Waals surface area contributed by atoms with Gasteiger partial charge in [0.1, 0.15) is 11.6 Å². The molecule has 0 aliphatic carbocycles. The fourth-order valence-electron chi connectivity index (χ4n) is 1.91. The number of nitro benzene ring substituents is 1. The Morgan fingerprint density at radius 3 is 2.55 bits per heavy atom. The van der Waals surface area contributed by atoms with Gasteiger partial charge in [0.2, 0.25) is 0 Å². The molecule has 0 fully saturated rings. The molecule has 0 amide bonds. The van der Waals surface area contributed by atoms with Crippen molar-refractivity contribution >= 4 is 11.4 Å². The third kappa shape index (κ3) is 4.21. The zero-order valence-electron chi connectivity index (χ0n) is 12.3. The van der Waals surface area contributed by atoms with E-state index in [4.69, 9.17) is 5.26 Å². The van der Waals surface area contributed by atoms with Crippen molar-refractivity contribution in [3.05, 3.63) is 33.9 Å². The Labute approximate surface area is 119 Å². The number of nitriles is 1. The van der Waals surface area contributed by atoms with Gasteiger partial charge in [-0.1, -0.05) is 13.8 Å². The second kappa shape index (κ2) is 6.87. The summed E-state index contributed by atoms with van der Waals surface area (Å²) in [6.07, 6.45) is 0. The molecule has 1 atom stereocenters. The van der Waals surface area contributed by atoms with Gasteiger partial charge in [0, 0.05) is 24.3 Å². The van der Waals surface area contributed by atoms with Gasteiger partial charge in [0.25, 0.3) is 5.69 Å². The molecule has 0 spiro atoms. The summed E-state index contributed by atoms with van der Waals surface area (Å²) in [5.74, 6) is 0.401. The van der Waals surface area contributed by atoms with E-state index in [-0.39, 0.29) is 17.3 Å². The molecule has 1 aromatic rings. The third-order valence-electron chi connectivity index (χ3n) is 3.03. The zero-order valence-corrected chi connectivity index (χ0v) is 12.3. The summed E-state index contributed by atoms with van der Waals surface area (Å²) in [5, 5.41) is 23.1. The molecule has 0 radical (unpaired) electrons. The number of hydrogen-bond donors (Lipinski definition) is 1. The predicted molar refractivity (Wildman–Crippen MR) is 78.6 cm³/mol. The molecule has 1 aromatic carbocycles. The van der Waals surface area contributed by atoms with E-state index in [0.717, 1.165) is 12.2 Å². The molecular weight excluding hydrogens is 256 g/mol. The topological polar surface area (TPSA) is 82.2 Å². The summed E-state index contributed by atoms with van der Waals surface area (Å²) in [6.45, 7) is 5.06. The minimum Gasteiger partial charge on any atom is -0.381 e. The summed E-state index contributed by atoms with van der Waals surface area (Å²) in [5.41, 5.74) is 0.645. The molecule has 0 bridgehead atoms. The third-order valence-corrected chi connectivity index (χ3v) is 3.03. The Morgan fingerprint density at radius 1 is 1.45 bits per heavy atom. The van der Waals surface area contributed by atoms with Crippen molar-refractivity contribution in [2.24, 2.45) is 5.92 Å². The van der Waals surface area contributed by atoms with E-state index in [1.807, 2.05) is 20.2 Å². The lowest BCUT2D eigenvalue weighted by Gasteiger charge is -2.26. The molecule has 108 valence electrons. The van der Waals surface area contributed by atoms with Crippen LogP contribution in [0.15, 0.2) is 18.2 Å². The number of nitrogens with zero attached hydrogens (tertiary/aromatic N) is 3. The fourth-order valence-corrected chi connectivity index (χ4v) is 1.91. The van der Waals surface area contributed by atoms with Crippen molar-refractivity contribution < 1.29 is 4.92 Å².